The Morgan fingerprint density at radius 1 is 0.227 bits per heavy atom. The first-order valence-electron chi connectivity index (χ1n) is 51.6. The Bertz CT molecular complexity index is 9640. The first-order chi connectivity index (χ1) is 74.2. The van der Waals surface area contributed by atoms with E-state index in [-0.39, 0.29) is 11.8 Å². The number of allylic oxidation sites excluding steroid dienone is 12. The Morgan fingerprint density at radius 3 is 0.867 bits per heavy atom. The van der Waals surface area contributed by atoms with E-state index in [1.54, 1.807) is 0 Å². The van der Waals surface area contributed by atoms with Crippen molar-refractivity contribution in [3.63, 3.8) is 0 Å². The van der Waals surface area contributed by atoms with Gasteiger partial charge in [-0.05, 0) is 250 Å². The number of hydrogen-bond donors (Lipinski definition) is 0. The minimum Gasteiger partial charge on any atom is -0.454 e. The summed E-state index contributed by atoms with van der Waals surface area (Å²) in [5.41, 5.74) is 41.8. The van der Waals surface area contributed by atoms with Gasteiger partial charge in [-0.3, -0.25) is 0 Å². The summed E-state index contributed by atoms with van der Waals surface area (Å²) in [4.78, 5) is 4.83. The second-order valence-electron chi connectivity index (χ2n) is 39.5. The van der Waals surface area contributed by atoms with Crippen molar-refractivity contribution < 1.29 is 8.83 Å². The van der Waals surface area contributed by atoms with Crippen molar-refractivity contribution in [2.24, 2.45) is 11.8 Å². The normalized spacial score (nSPS) is 14.2. The molecule has 4 aliphatic carbocycles. The van der Waals surface area contributed by atoms with Crippen LogP contribution in [0.5, 0.6) is 0 Å². The summed E-state index contributed by atoms with van der Waals surface area (Å²) in [7, 11) is 0. The molecule has 20 aromatic carbocycles. The molecule has 708 valence electrons. The average Bonchev–Trinajstić information content (AvgIpc) is 0.946. The first-order valence-corrected chi connectivity index (χ1v) is 51.6. The third kappa shape index (κ3) is 15.4. The molecule has 8 heteroatoms. The molecule has 0 spiro atoms. The Hall–Kier alpha value is -19.5. The minimum atomic E-state index is 0.114. The summed E-state index contributed by atoms with van der Waals surface area (Å²) in [6, 6.07) is 170. The topological polar surface area (TPSA) is 52.5 Å². The molecule has 30 rings (SSSR count). The highest BCUT2D eigenvalue weighted by molar-refractivity contribution is 6.15. The molecule has 0 bridgehead atoms. The Kier molecular flexibility index (Phi) is 21.7. The van der Waals surface area contributed by atoms with Crippen LogP contribution in [0.3, 0.4) is 0 Å². The SMILES string of the molecule is C(=C\c1ccc(-n2c3ccccc3c3ccccc32)cc1)/c1ccc(-c2ccc(/C=C/c3ccc(-n4c5ccccc5c5ccccc54)cc3)cc2)cc1.Cc1cccc(N(C2=CC=C3C=CC4=C(N(c5cccc(C)c5)c5cccc6c5oc5ccccc56)C=CC5=CC=C2C3C54)c2cccc3c2oc2ccccc23)c1.c1ccc2c(c1)c1ccccc1n2-c1ccc(-c2ccc(-n3c4ccccc4c4ccccc43)cc2)cc1. The van der Waals surface area contributed by atoms with Crippen LogP contribution in [0.4, 0.5) is 22.7 Å². The zero-order valence-corrected chi connectivity index (χ0v) is 82.6. The molecule has 0 radical (unpaired) electrons. The smallest absolute Gasteiger partial charge is 0.159 e. The van der Waals surface area contributed by atoms with E-state index >= 15 is 0 Å². The molecule has 6 heterocycles. The van der Waals surface area contributed by atoms with Gasteiger partial charge in [0.2, 0.25) is 0 Å². The largest absolute Gasteiger partial charge is 0.454 e. The van der Waals surface area contributed by atoms with E-state index in [1.807, 2.05) is 12.1 Å². The lowest BCUT2D eigenvalue weighted by Crippen LogP contribution is -2.35. The fraction of sp³-hybridized carbons (Fsp3) is 0.0282. The highest BCUT2D eigenvalue weighted by Crippen LogP contribution is 2.56. The van der Waals surface area contributed by atoms with Crippen LogP contribution in [-0.4, -0.2) is 18.3 Å². The summed E-state index contributed by atoms with van der Waals surface area (Å²) >= 11 is 0. The van der Waals surface area contributed by atoms with Crippen molar-refractivity contribution in [2.75, 3.05) is 9.80 Å². The number of benzene rings is 20. The van der Waals surface area contributed by atoms with Gasteiger partial charge in [0, 0.05) is 111 Å². The van der Waals surface area contributed by atoms with Gasteiger partial charge in [-0.2, -0.15) is 0 Å². The third-order valence-electron chi connectivity index (χ3n) is 30.6. The van der Waals surface area contributed by atoms with E-state index in [0.717, 1.165) is 78.0 Å². The molecule has 6 aromatic heterocycles. The molecule has 2 unspecified atom stereocenters. The predicted molar refractivity (Wildman–Crippen MR) is 631 cm³/mol. The maximum absolute atomic E-state index is 6.70. The van der Waals surface area contributed by atoms with E-state index < -0.39 is 0 Å². The number of furan rings is 2. The van der Waals surface area contributed by atoms with Crippen molar-refractivity contribution in [3.8, 4) is 45.0 Å². The van der Waals surface area contributed by atoms with Crippen LogP contribution in [0.2, 0.25) is 0 Å². The lowest BCUT2D eigenvalue weighted by molar-refractivity contribution is 0.551. The quantitative estimate of drug-likeness (QED) is 0.0905. The van der Waals surface area contributed by atoms with Crippen LogP contribution in [0.25, 0.3) is 200 Å². The van der Waals surface area contributed by atoms with E-state index in [1.165, 1.54) is 188 Å². The first kappa shape index (κ1) is 88.2. The van der Waals surface area contributed by atoms with Crippen LogP contribution in [0.1, 0.15) is 33.4 Å². The van der Waals surface area contributed by atoms with Crippen molar-refractivity contribution in [1.29, 1.82) is 0 Å². The summed E-state index contributed by atoms with van der Waals surface area (Å²) < 4.78 is 22.8. The summed E-state index contributed by atoms with van der Waals surface area (Å²) in [5.74, 6) is 0.229. The van der Waals surface area contributed by atoms with Gasteiger partial charge in [-0.1, -0.05) is 388 Å². The van der Waals surface area contributed by atoms with Crippen molar-refractivity contribution in [3.05, 3.63) is 589 Å². The molecular formula is C142H98N6O2. The molecule has 0 fully saturated rings. The van der Waals surface area contributed by atoms with E-state index in [2.05, 4.69) is 576 Å². The number of nitrogens with zero attached hydrogens (tertiary/aromatic N) is 6. The van der Waals surface area contributed by atoms with Gasteiger partial charge < -0.3 is 36.9 Å². The molecule has 0 amide bonds. The van der Waals surface area contributed by atoms with Gasteiger partial charge in [0.1, 0.15) is 11.2 Å². The Labute approximate surface area is 868 Å². The maximum Gasteiger partial charge on any atom is 0.159 e. The zero-order valence-electron chi connectivity index (χ0n) is 82.6. The summed E-state index contributed by atoms with van der Waals surface area (Å²) in [6.07, 6.45) is 27.4. The molecule has 150 heavy (non-hydrogen) atoms. The van der Waals surface area contributed by atoms with Gasteiger partial charge in [0.25, 0.3) is 0 Å². The van der Waals surface area contributed by atoms with E-state index in [0.29, 0.717) is 0 Å². The van der Waals surface area contributed by atoms with E-state index in [4.69, 9.17) is 8.83 Å². The second-order valence-corrected chi connectivity index (χ2v) is 39.5. The third-order valence-corrected chi connectivity index (χ3v) is 30.6. The van der Waals surface area contributed by atoms with Gasteiger partial charge in [0.15, 0.2) is 11.2 Å². The highest BCUT2D eigenvalue weighted by atomic mass is 16.3. The molecule has 26 aromatic rings. The maximum atomic E-state index is 6.70. The van der Waals surface area contributed by atoms with E-state index in [9.17, 15) is 0 Å². The van der Waals surface area contributed by atoms with Crippen molar-refractivity contribution in [2.45, 2.75) is 13.8 Å². The predicted octanol–water partition coefficient (Wildman–Crippen LogP) is 37.8. The Balaban J connectivity index is 0.000000110. The number of fused-ring (bicyclic) bond motifs is 18. The standard InChI is InChI=1S/C54H38N2O2.C52H36N2.C36H24N2/c1-33-11-7-13-37(31-33)55(47-19-9-17-41-39-15-3-5-21-49(39)57-53(41)47)45-29-25-35-24-28-44-46(30-26-36-23-27-43(45)51(35)52(36)44)56(38-14-8-12-34(2)32-38)48-20-10-18-42-40-16-4-6-22-50(40)58-54(42)48;1-5-13-49-45(9-1)46-10-2-6-14-50(46)53(49)43-33-25-39(26-34-43)19-17-37-21-29-41(30-22-37)42-31-23-38(24-32-42)18-20-40-27-35-44(36-28-40)54-51-15-7-3-11-47(51)48-12-4-8-16-52(48)54;1-5-13-33-29(9-1)30-10-2-6-14-34(30)37(33)27-21-17-25(18-22-27)26-19-23-28(24-20-26)38-35-15-7-3-11-31(35)32-12-4-8-16-36(32)38/h3-32,51-52H,1-2H3;1-36H;1-24H/b;19-17+,20-18+;. The number of para-hydroxylation sites is 12. The Morgan fingerprint density at radius 2 is 0.507 bits per heavy atom. The fourth-order valence-electron chi connectivity index (χ4n) is 23.7. The highest BCUT2D eigenvalue weighted by Gasteiger charge is 2.44. The lowest BCUT2D eigenvalue weighted by Gasteiger charge is -2.45. The van der Waals surface area contributed by atoms with Crippen LogP contribution in [0, 0.1) is 25.7 Å². The van der Waals surface area contributed by atoms with Gasteiger partial charge >= 0.3 is 0 Å². The molecule has 4 aliphatic rings. The van der Waals surface area contributed by atoms with Gasteiger partial charge in [-0.25, -0.2) is 0 Å². The molecule has 0 aliphatic heterocycles. The van der Waals surface area contributed by atoms with Crippen molar-refractivity contribution in [1.82, 2.24) is 18.3 Å². The molecule has 0 saturated carbocycles. The average molecular weight is 1920 g/mol. The second kappa shape index (κ2) is 36.9. The number of hydrogen-bond acceptors (Lipinski definition) is 4. The summed E-state index contributed by atoms with van der Waals surface area (Å²) in [6.45, 7) is 4.33. The molecule has 0 N–H and O–H groups in total. The lowest BCUT2D eigenvalue weighted by atomic mass is 9.63. The number of rotatable bonds is 16. The number of anilines is 4. The van der Waals surface area contributed by atoms with Crippen LogP contribution < -0.4 is 9.80 Å². The minimum absolute atomic E-state index is 0.114. The van der Waals surface area contributed by atoms with Crippen LogP contribution >= 0.6 is 0 Å². The fourth-order valence-corrected chi connectivity index (χ4v) is 23.7. The summed E-state index contributed by atoms with van der Waals surface area (Å²) in [5, 5.41) is 14.7. The van der Waals surface area contributed by atoms with Crippen molar-refractivity contribution >= 4 is 178 Å². The zero-order chi connectivity index (χ0) is 99.4. The van der Waals surface area contributed by atoms with Crippen LogP contribution in [0.15, 0.2) is 564 Å². The van der Waals surface area contributed by atoms with Gasteiger partial charge in [-0.15, -0.1) is 0 Å². The van der Waals surface area contributed by atoms with Crippen LogP contribution in [-0.2, 0) is 0 Å². The molecule has 8 nitrogen and oxygen atoms in total. The van der Waals surface area contributed by atoms with Gasteiger partial charge in [0.05, 0.1) is 66.9 Å². The molecule has 0 saturated heterocycles. The number of aromatic nitrogens is 4. The number of aryl methyl sites for hydroxylation is 2. The monoisotopic (exact) mass is 1920 g/mol. The molecule has 2 atom stereocenters. The molecular weight excluding hydrogens is 1820 g/mol.